The van der Waals surface area contributed by atoms with E-state index >= 15 is 0 Å². The Hall–Kier alpha value is -2.76. The third-order valence-electron chi connectivity index (χ3n) is 5.69. The summed E-state index contributed by atoms with van der Waals surface area (Å²) in [6.45, 7) is 3.10. The molecule has 4 nitrogen and oxygen atoms in total. The molecule has 3 rings (SSSR count). The maximum absolute atomic E-state index is 13.6. The summed E-state index contributed by atoms with van der Waals surface area (Å²) < 4.78 is 0. The number of halogens is 1. The number of thioether (sulfide) groups is 1. The lowest BCUT2D eigenvalue weighted by atomic mass is 10.0. The Kier molecular flexibility index (Phi) is 11.2. The Bertz CT molecular complexity index is 1050. The van der Waals surface area contributed by atoms with E-state index in [0.717, 1.165) is 28.9 Å². The molecule has 35 heavy (non-hydrogen) atoms. The van der Waals surface area contributed by atoms with Gasteiger partial charge < -0.3 is 10.2 Å². The van der Waals surface area contributed by atoms with Gasteiger partial charge in [0.2, 0.25) is 11.8 Å². The van der Waals surface area contributed by atoms with Gasteiger partial charge in [0.25, 0.3) is 0 Å². The predicted molar refractivity (Wildman–Crippen MR) is 146 cm³/mol. The maximum Gasteiger partial charge on any atom is 0.243 e. The summed E-state index contributed by atoms with van der Waals surface area (Å²) in [6, 6.07) is 26.8. The van der Waals surface area contributed by atoms with Gasteiger partial charge in [0.1, 0.15) is 6.04 Å². The summed E-state index contributed by atoms with van der Waals surface area (Å²) in [4.78, 5) is 29.8. The molecule has 0 fully saturated rings. The number of hydrogen-bond acceptors (Lipinski definition) is 3. The molecule has 0 radical (unpaired) electrons. The maximum atomic E-state index is 13.6. The second-order valence-corrected chi connectivity index (χ2v) is 10.0. The lowest BCUT2D eigenvalue weighted by Gasteiger charge is -2.31. The van der Waals surface area contributed by atoms with E-state index in [1.54, 1.807) is 16.7 Å². The standard InChI is InChI=1S/C29H33ClN2O2S/c1-2-3-19-31-29(34)27(21-23-10-6-4-7-11-23)32(22-24-12-8-5-9-13-24)28(33)18-20-35-26-16-14-25(30)15-17-26/h4-17,27H,2-3,18-22H2,1H3,(H,31,34). The average Bonchev–Trinajstić information content (AvgIpc) is 2.88. The molecule has 0 heterocycles. The molecule has 3 aromatic carbocycles. The van der Waals surface area contributed by atoms with Crippen molar-refractivity contribution >= 4 is 35.2 Å². The van der Waals surface area contributed by atoms with E-state index in [4.69, 9.17) is 11.6 Å². The molecule has 0 saturated heterocycles. The molecular formula is C29H33ClN2O2S. The van der Waals surface area contributed by atoms with Gasteiger partial charge in [0.15, 0.2) is 0 Å². The Morgan fingerprint density at radius 1 is 0.914 bits per heavy atom. The fourth-order valence-electron chi connectivity index (χ4n) is 3.77. The van der Waals surface area contributed by atoms with Gasteiger partial charge in [-0.1, -0.05) is 85.6 Å². The molecule has 0 aliphatic heterocycles. The quantitative estimate of drug-likeness (QED) is 0.215. The highest BCUT2D eigenvalue weighted by Crippen LogP contribution is 2.22. The van der Waals surface area contributed by atoms with Crippen LogP contribution in [0.5, 0.6) is 0 Å². The second kappa shape index (κ2) is 14.6. The predicted octanol–water partition coefficient (Wildman–Crippen LogP) is 6.38. The van der Waals surface area contributed by atoms with Crippen LogP contribution in [-0.4, -0.2) is 35.1 Å². The molecule has 0 saturated carbocycles. The van der Waals surface area contributed by atoms with Crippen molar-refractivity contribution < 1.29 is 9.59 Å². The second-order valence-electron chi connectivity index (χ2n) is 8.41. The van der Waals surface area contributed by atoms with Gasteiger partial charge in [-0.3, -0.25) is 9.59 Å². The third-order valence-corrected chi connectivity index (χ3v) is 6.96. The van der Waals surface area contributed by atoms with Crippen molar-refractivity contribution in [2.75, 3.05) is 12.3 Å². The molecule has 2 amide bonds. The first-order valence-electron chi connectivity index (χ1n) is 12.1. The van der Waals surface area contributed by atoms with Crippen molar-refractivity contribution in [2.24, 2.45) is 0 Å². The van der Waals surface area contributed by atoms with Gasteiger partial charge in [-0.15, -0.1) is 11.8 Å². The van der Waals surface area contributed by atoms with E-state index < -0.39 is 6.04 Å². The van der Waals surface area contributed by atoms with E-state index in [0.29, 0.717) is 36.7 Å². The number of amides is 2. The SMILES string of the molecule is CCCCNC(=O)C(Cc1ccccc1)N(Cc1ccccc1)C(=O)CCSc1ccc(Cl)cc1. The van der Waals surface area contributed by atoms with Crippen LogP contribution in [0.4, 0.5) is 0 Å². The Morgan fingerprint density at radius 3 is 2.17 bits per heavy atom. The normalized spacial score (nSPS) is 11.6. The molecule has 0 aliphatic rings. The molecular weight excluding hydrogens is 476 g/mol. The molecule has 184 valence electrons. The number of nitrogens with one attached hydrogen (secondary N) is 1. The third kappa shape index (κ3) is 9.08. The number of carbonyl (C=O) groups is 2. The Balaban J connectivity index is 1.79. The summed E-state index contributed by atoms with van der Waals surface area (Å²) in [7, 11) is 0. The van der Waals surface area contributed by atoms with Gasteiger partial charge in [-0.05, 0) is 41.8 Å². The first-order valence-corrected chi connectivity index (χ1v) is 13.5. The van der Waals surface area contributed by atoms with E-state index in [2.05, 4.69) is 12.2 Å². The van der Waals surface area contributed by atoms with Gasteiger partial charge in [0, 0.05) is 41.6 Å². The van der Waals surface area contributed by atoms with Gasteiger partial charge in [-0.2, -0.15) is 0 Å². The van der Waals surface area contributed by atoms with Crippen LogP contribution in [-0.2, 0) is 22.6 Å². The number of benzene rings is 3. The molecule has 6 heteroatoms. The molecule has 3 aromatic rings. The minimum Gasteiger partial charge on any atom is -0.354 e. The van der Waals surface area contributed by atoms with Crippen LogP contribution in [0.15, 0.2) is 89.8 Å². The Morgan fingerprint density at radius 2 is 1.54 bits per heavy atom. The lowest BCUT2D eigenvalue weighted by Crippen LogP contribution is -2.50. The first kappa shape index (κ1) is 26.8. The van der Waals surface area contributed by atoms with Crippen LogP contribution in [0.2, 0.25) is 5.02 Å². The summed E-state index contributed by atoms with van der Waals surface area (Å²) in [6.07, 6.45) is 2.72. The van der Waals surface area contributed by atoms with E-state index in [1.165, 1.54) is 0 Å². The fourth-order valence-corrected chi connectivity index (χ4v) is 4.74. The van der Waals surface area contributed by atoms with Gasteiger partial charge in [-0.25, -0.2) is 0 Å². The summed E-state index contributed by atoms with van der Waals surface area (Å²) in [5.41, 5.74) is 2.04. The van der Waals surface area contributed by atoms with Crippen molar-refractivity contribution in [1.29, 1.82) is 0 Å². The largest absolute Gasteiger partial charge is 0.354 e. The van der Waals surface area contributed by atoms with Gasteiger partial charge >= 0.3 is 0 Å². The summed E-state index contributed by atoms with van der Waals surface area (Å²) >= 11 is 7.60. The van der Waals surface area contributed by atoms with Crippen molar-refractivity contribution in [2.45, 2.75) is 50.1 Å². The van der Waals surface area contributed by atoms with Crippen LogP contribution in [0.1, 0.15) is 37.3 Å². The zero-order valence-corrected chi connectivity index (χ0v) is 21.7. The highest BCUT2D eigenvalue weighted by molar-refractivity contribution is 7.99. The van der Waals surface area contributed by atoms with Gasteiger partial charge in [0.05, 0.1) is 0 Å². The number of nitrogens with zero attached hydrogens (tertiary/aromatic N) is 1. The van der Waals surface area contributed by atoms with Crippen LogP contribution in [0.25, 0.3) is 0 Å². The highest BCUT2D eigenvalue weighted by Gasteiger charge is 2.30. The average molecular weight is 509 g/mol. The van der Waals surface area contributed by atoms with E-state index in [1.807, 2.05) is 84.9 Å². The smallest absolute Gasteiger partial charge is 0.243 e. The minimum absolute atomic E-state index is 0.0260. The number of rotatable bonds is 13. The lowest BCUT2D eigenvalue weighted by molar-refractivity contribution is -0.141. The Labute approximate surface area is 218 Å². The topological polar surface area (TPSA) is 49.4 Å². The first-order chi connectivity index (χ1) is 17.1. The fraction of sp³-hybridized carbons (Fsp3) is 0.310. The zero-order chi connectivity index (χ0) is 24.9. The summed E-state index contributed by atoms with van der Waals surface area (Å²) in [5.74, 6) is 0.500. The number of unbranched alkanes of at least 4 members (excludes halogenated alkanes) is 1. The van der Waals surface area contributed by atoms with Crippen LogP contribution < -0.4 is 5.32 Å². The van der Waals surface area contributed by atoms with Crippen LogP contribution in [0.3, 0.4) is 0 Å². The van der Waals surface area contributed by atoms with Crippen molar-refractivity contribution in [3.05, 3.63) is 101 Å². The molecule has 0 aromatic heterocycles. The number of carbonyl (C=O) groups excluding carboxylic acids is 2. The van der Waals surface area contributed by atoms with Crippen molar-refractivity contribution in [3.63, 3.8) is 0 Å². The zero-order valence-electron chi connectivity index (χ0n) is 20.2. The molecule has 1 unspecified atom stereocenters. The molecule has 0 spiro atoms. The minimum atomic E-state index is -0.581. The highest BCUT2D eigenvalue weighted by atomic mass is 35.5. The van der Waals surface area contributed by atoms with Crippen LogP contribution >= 0.6 is 23.4 Å². The monoisotopic (exact) mass is 508 g/mol. The molecule has 0 aliphatic carbocycles. The molecule has 1 N–H and O–H groups in total. The van der Waals surface area contributed by atoms with Crippen molar-refractivity contribution in [3.8, 4) is 0 Å². The van der Waals surface area contributed by atoms with E-state index in [9.17, 15) is 9.59 Å². The number of hydrogen-bond donors (Lipinski definition) is 1. The molecule has 0 bridgehead atoms. The van der Waals surface area contributed by atoms with Crippen LogP contribution in [0, 0.1) is 0 Å². The molecule has 1 atom stereocenters. The summed E-state index contributed by atoms with van der Waals surface area (Å²) in [5, 5.41) is 3.75. The van der Waals surface area contributed by atoms with E-state index in [-0.39, 0.29) is 11.8 Å². The van der Waals surface area contributed by atoms with Crippen molar-refractivity contribution in [1.82, 2.24) is 10.2 Å².